The zero-order valence-electron chi connectivity index (χ0n) is 16.0. The standard InChI is InChI=1S/C18H36N4O.HI/c1-5-19-17(21-13-11-18(2,3)4)20-12-9-15-22-14-8-6-7-10-16(22)23;/h5-15H2,1-4H3,(H2,19,20,21);1H. The van der Waals surface area contributed by atoms with E-state index in [2.05, 4.69) is 43.3 Å². The lowest BCUT2D eigenvalue weighted by molar-refractivity contribution is -0.130. The van der Waals surface area contributed by atoms with Gasteiger partial charge in [-0.3, -0.25) is 9.79 Å². The van der Waals surface area contributed by atoms with Crippen LogP contribution < -0.4 is 10.6 Å². The third kappa shape index (κ3) is 11.1. The molecule has 0 spiro atoms. The van der Waals surface area contributed by atoms with Crippen LogP contribution in [0.2, 0.25) is 0 Å². The smallest absolute Gasteiger partial charge is 0.222 e. The molecule has 5 nitrogen and oxygen atoms in total. The lowest BCUT2D eigenvalue weighted by Crippen LogP contribution is -2.39. The summed E-state index contributed by atoms with van der Waals surface area (Å²) in [5, 5.41) is 6.68. The number of amides is 1. The minimum absolute atomic E-state index is 0. The third-order valence-electron chi connectivity index (χ3n) is 4.04. The van der Waals surface area contributed by atoms with E-state index in [4.69, 9.17) is 0 Å². The van der Waals surface area contributed by atoms with Gasteiger partial charge >= 0.3 is 0 Å². The number of nitrogens with one attached hydrogen (secondary N) is 2. The van der Waals surface area contributed by atoms with E-state index in [1.54, 1.807) is 0 Å². The van der Waals surface area contributed by atoms with Crippen LogP contribution in [0.1, 0.15) is 66.2 Å². The number of nitrogens with zero attached hydrogens (tertiary/aromatic N) is 2. The fraction of sp³-hybridized carbons (Fsp3) is 0.889. The van der Waals surface area contributed by atoms with Crippen LogP contribution in [0.25, 0.3) is 0 Å². The number of carbonyl (C=O) groups excluding carboxylic acids is 1. The van der Waals surface area contributed by atoms with Gasteiger partial charge in [-0.25, -0.2) is 0 Å². The Morgan fingerprint density at radius 2 is 1.96 bits per heavy atom. The van der Waals surface area contributed by atoms with Crippen molar-refractivity contribution < 1.29 is 4.79 Å². The van der Waals surface area contributed by atoms with Gasteiger partial charge in [0.15, 0.2) is 5.96 Å². The first kappa shape index (κ1) is 23.5. The van der Waals surface area contributed by atoms with Gasteiger partial charge in [-0.1, -0.05) is 27.2 Å². The van der Waals surface area contributed by atoms with Crippen LogP contribution in [0.3, 0.4) is 0 Å². The predicted octanol–water partition coefficient (Wildman–Crippen LogP) is 3.39. The Kier molecular flexibility index (Phi) is 12.5. The van der Waals surface area contributed by atoms with Crippen molar-refractivity contribution in [1.82, 2.24) is 15.5 Å². The molecular formula is C18H37IN4O. The van der Waals surface area contributed by atoms with Crippen molar-refractivity contribution in [2.75, 3.05) is 32.7 Å². The number of guanidine groups is 1. The molecule has 1 heterocycles. The van der Waals surface area contributed by atoms with Crippen LogP contribution in [0.5, 0.6) is 0 Å². The van der Waals surface area contributed by atoms with Crippen molar-refractivity contribution in [3.05, 3.63) is 0 Å². The van der Waals surface area contributed by atoms with Gasteiger partial charge in [-0.05, 0) is 38.0 Å². The number of hydrogen-bond donors (Lipinski definition) is 2. The summed E-state index contributed by atoms with van der Waals surface area (Å²) in [6.07, 6.45) is 6.14. The van der Waals surface area contributed by atoms with Crippen LogP contribution in [0, 0.1) is 5.41 Å². The van der Waals surface area contributed by atoms with Crippen molar-refractivity contribution in [3.63, 3.8) is 0 Å². The zero-order valence-corrected chi connectivity index (χ0v) is 18.3. The van der Waals surface area contributed by atoms with Gasteiger partial charge in [-0.15, -0.1) is 24.0 Å². The maximum absolute atomic E-state index is 11.9. The molecule has 1 amide bonds. The normalized spacial score (nSPS) is 16.4. The molecule has 1 rings (SSSR count). The van der Waals surface area contributed by atoms with E-state index in [-0.39, 0.29) is 24.0 Å². The van der Waals surface area contributed by atoms with Crippen molar-refractivity contribution >= 4 is 35.8 Å². The monoisotopic (exact) mass is 452 g/mol. The van der Waals surface area contributed by atoms with E-state index in [1.807, 2.05) is 4.90 Å². The molecule has 0 aromatic rings. The second-order valence-corrected chi connectivity index (χ2v) is 7.54. The Bertz CT molecular complexity index is 380. The molecule has 1 fully saturated rings. The molecule has 2 N–H and O–H groups in total. The summed E-state index contributed by atoms with van der Waals surface area (Å²) < 4.78 is 0. The molecule has 0 aromatic carbocycles. The Hall–Kier alpha value is -0.530. The van der Waals surface area contributed by atoms with Crippen LogP contribution in [0.4, 0.5) is 0 Å². The fourth-order valence-corrected chi connectivity index (χ4v) is 2.63. The Balaban J connectivity index is 0.00000529. The minimum Gasteiger partial charge on any atom is -0.357 e. The molecular weight excluding hydrogens is 415 g/mol. The van der Waals surface area contributed by atoms with Gasteiger partial charge in [0, 0.05) is 39.1 Å². The van der Waals surface area contributed by atoms with Gasteiger partial charge in [0.1, 0.15) is 0 Å². The molecule has 1 aliphatic rings. The molecule has 0 atom stereocenters. The van der Waals surface area contributed by atoms with E-state index in [0.717, 1.165) is 70.8 Å². The highest BCUT2D eigenvalue weighted by Crippen LogP contribution is 2.16. The molecule has 0 bridgehead atoms. The summed E-state index contributed by atoms with van der Waals surface area (Å²) >= 11 is 0. The molecule has 0 aromatic heterocycles. The molecule has 6 heteroatoms. The average molecular weight is 452 g/mol. The highest BCUT2D eigenvalue weighted by molar-refractivity contribution is 14.0. The zero-order chi connectivity index (χ0) is 17.1. The van der Waals surface area contributed by atoms with Crippen molar-refractivity contribution in [2.24, 2.45) is 10.4 Å². The van der Waals surface area contributed by atoms with Gasteiger partial charge in [0.05, 0.1) is 0 Å². The molecule has 1 aliphatic heterocycles. The Labute approximate surface area is 165 Å². The average Bonchev–Trinajstić information content (AvgIpc) is 2.67. The summed E-state index contributed by atoms with van der Waals surface area (Å²) in [7, 11) is 0. The van der Waals surface area contributed by atoms with Gasteiger partial charge in [0.25, 0.3) is 0 Å². The number of halogens is 1. The van der Waals surface area contributed by atoms with Crippen LogP contribution in [-0.2, 0) is 4.79 Å². The van der Waals surface area contributed by atoms with Crippen LogP contribution in [0.15, 0.2) is 4.99 Å². The highest BCUT2D eigenvalue weighted by Gasteiger charge is 2.15. The summed E-state index contributed by atoms with van der Waals surface area (Å²) in [5.41, 5.74) is 0.331. The summed E-state index contributed by atoms with van der Waals surface area (Å²) in [4.78, 5) is 18.6. The predicted molar refractivity (Wildman–Crippen MR) is 113 cm³/mol. The summed E-state index contributed by atoms with van der Waals surface area (Å²) in [6, 6.07) is 0. The number of carbonyl (C=O) groups is 1. The highest BCUT2D eigenvalue weighted by atomic mass is 127. The largest absolute Gasteiger partial charge is 0.357 e. The first-order valence-corrected chi connectivity index (χ1v) is 9.22. The fourth-order valence-electron chi connectivity index (χ4n) is 2.63. The maximum Gasteiger partial charge on any atom is 0.222 e. The van der Waals surface area contributed by atoms with E-state index in [1.165, 1.54) is 6.42 Å². The van der Waals surface area contributed by atoms with E-state index < -0.39 is 0 Å². The van der Waals surface area contributed by atoms with Gasteiger partial charge in [-0.2, -0.15) is 0 Å². The molecule has 24 heavy (non-hydrogen) atoms. The number of aliphatic imine (C=N–C) groups is 1. The van der Waals surface area contributed by atoms with Gasteiger partial charge in [0.2, 0.25) is 5.91 Å². The maximum atomic E-state index is 11.9. The van der Waals surface area contributed by atoms with Crippen molar-refractivity contribution in [1.29, 1.82) is 0 Å². The van der Waals surface area contributed by atoms with Crippen LogP contribution >= 0.6 is 24.0 Å². The molecule has 0 radical (unpaired) electrons. The second kappa shape index (κ2) is 12.8. The van der Waals surface area contributed by atoms with E-state index in [0.29, 0.717) is 11.3 Å². The second-order valence-electron chi connectivity index (χ2n) is 7.54. The minimum atomic E-state index is 0. The molecule has 142 valence electrons. The quantitative estimate of drug-likeness (QED) is 0.270. The number of likely N-dealkylation sites (tertiary alicyclic amines) is 1. The van der Waals surface area contributed by atoms with E-state index >= 15 is 0 Å². The van der Waals surface area contributed by atoms with Crippen LogP contribution in [-0.4, -0.2) is 49.5 Å². The topological polar surface area (TPSA) is 56.7 Å². The molecule has 0 saturated carbocycles. The Morgan fingerprint density at radius 3 is 2.62 bits per heavy atom. The molecule has 1 saturated heterocycles. The van der Waals surface area contributed by atoms with E-state index in [9.17, 15) is 4.79 Å². The Morgan fingerprint density at radius 1 is 1.21 bits per heavy atom. The van der Waals surface area contributed by atoms with Gasteiger partial charge < -0.3 is 15.5 Å². The molecule has 0 aliphatic carbocycles. The van der Waals surface area contributed by atoms with Crippen molar-refractivity contribution in [3.8, 4) is 0 Å². The molecule has 0 unspecified atom stereocenters. The first-order chi connectivity index (χ1) is 10.9. The first-order valence-electron chi connectivity index (χ1n) is 9.22. The lowest BCUT2D eigenvalue weighted by atomic mass is 9.92. The number of rotatable bonds is 7. The summed E-state index contributed by atoms with van der Waals surface area (Å²) in [6.45, 7) is 13.1. The third-order valence-corrected chi connectivity index (χ3v) is 4.04. The lowest BCUT2D eigenvalue weighted by Gasteiger charge is -2.20. The summed E-state index contributed by atoms with van der Waals surface area (Å²) in [5.74, 6) is 1.21. The SMILES string of the molecule is CCNC(=NCCCN1CCCCCC1=O)NCCC(C)(C)C.I. The van der Waals surface area contributed by atoms with Crippen molar-refractivity contribution in [2.45, 2.75) is 66.2 Å². The number of hydrogen-bond acceptors (Lipinski definition) is 2.